The van der Waals surface area contributed by atoms with E-state index < -0.39 is 0 Å². The fourth-order valence-electron chi connectivity index (χ4n) is 3.00. The summed E-state index contributed by atoms with van der Waals surface area (Å²) in [6.07, 6.45) is 7.91. The molecule has 1 aromatic rings. The van der Waals surface area contributed by atoms with Crippen molar-refractivity contribution >= 4 is 5.69 Å². The third-order valence-corrected chi connectivity index (χ3v) is 4.05. The monoisotopic (exact) mass is 242 g/mol. The molecule has 0 bridgehead atoms. The molecule has 1 N–H and O–H groups in total. The van der Waals surface area contributed by atoms with Gasteiger partial charge in [0.1, 0.15) is 6.07 Å². The van der Waals surface area contributed by atoms with Crippen molar-refractivity contribution in [1.82, 2.24) is 0 Å². The summed E-state index contributed by atoms with van der Waals surface area (Å²) in [5, 5.41) is 12.7. The Hall–Kier alpha value is -1.49. The van der Waals surface area contributed by atoms with Gasteiger partial charge in [0.15, 0.2) is 0 Å². The first-order chi connectivity index (χ1) is 8.85. The van der Waals surface area contributed by atoms with Gasteiger partial charge in [0.05, 0.1) is 11.3 Å². The summed E-state index contributed by atoms with van der Waals surface area (Å²) in [7, 11) is 0. The minimum atomic E-state index is 0.514. The van der Waals surface area contributed by atoms with Crippen LogP contribution in [0.5, 0.6) is 0 Å². The summed E-state index contributed by atoms with van der Waals surface area (Å²) in [5.41, 5.74) is 1.75. The normalized spacial score (nSPS) is 18.0. The number of anilines is 1. The second-order valence-corrected chi connectivity index (χ2v) is 5.21. The zero-order chi connectivity index (χ0) is 12.8. The van der Waals surface area contributed by atoms with E-state index in [-0.39, 0.29) is 0 Å². The Morgan fingerprint density at radius 1 is 1.28 bits per heavy atom. The molecule has 0 amide bonds. The molecule has 0 aromatic heterocycles. The van der Waals surface area contributed by atoms with Crippen LogP contribution in [0, 0.1) is 17.2 Å². The quantitative estimate of drug-likeness (QED) is 0.853. The van der Waals surface area contributed by atoms with E-state index >= 15 is 0 Å². The van der Waals surface area contributed by atoms with Gasteiger partial charge in [-0.25, -0.2) is 0 Å². The molecule has 1 unspecified atom stereocenters. The van der Waals surface area contributed by atoms with E-state index in [4.69, 9.17) is 5.26 Å². The number of nitrogens with zero attached hydrogens (tertiary/aromatic N) is 1. The van der Waals surface area contributed by atoms with Gasteiger partial charge in [0.2, 0.25) is 0 Å². The number of hydrogen-bond acceptors (Lipinski definition) is 2. The number of rotatable bonds is 4. The molecule has 2 rings (SSSR count). The number of para-hydroxylation sites is 1. The molecular formula is C16H22N2. The third kappa shape index (κ3) is 3.04. The van der Waals surface area contributed by atoms with E-state index in [0.717, 1.165) is 23.6 Å². The number of nitriles is 1. The molecule has 1 atom stereocenters. The van der Waals surface area contributed by atoms with E-state index in [9.17, 15) is 0 Å². The average Bonchev–Trinajstić information content (AvgIpc) is 2.46. The Morgan fingerprint density at radius 3 is 2.67 bits per heavy atom. The van der Waals surface area contributed by atoms with E-state index in [2.05, 4.69) is 18.3 Å². The first-order valence-electron chi connectivity index (χ1n) is 7.10. The lowest BCUT2D eigenvalue weighted by molar-refractivity contribution is 0.313. The van der Waals surface area contributed by atoms with Gasteiger partial charge >= 0.3 is 0 Å². The molecule has 1 fully saturated rings. The van der Waals surface area contributed by atoms with Crippen LogP contribution in [0.1, 0.15) is 51.0 Å². The molecule has 0 heterocycles. The van der Waals surface area contributed by atoms with E-state index in [1.807, 2.05) is 24.3 Å². The Morgan fingerprint density at radius 2 is 2.00 bits per heavy atom. The third-order valence-electron chi connectivity index (χ3n) is 4.05. The zero-order valence-corrected chi connectivity index (χ0v) is 11.2. The largest absolute Gasteiger partial charge is 0.381 e. The summed E-state index contributed by atoms with van der Waals surface area (Å²) in [6.45, 7) is 2.24. The Balaban J connectivity index is 2.07. The van der Waals surface area contributed by atoms with Gasteiger partial charge in [-0.2, -0.15) is 5.26 Å². The smallest absolute Gasteiger partial charge is 0.101 e. The lowest BCUT2D eigenvalue weighted by atomic mass is 9.83. The second-order valence-electron chi connectivity index (χ2n) is 5.21. The van der Waals surface area contributed by atoms with Gasteiger partial charge < -0.3 is 5.32 Å². The fourth-order valence-corrected chi connectivity index (χ4v) is 3.00. The van der Waals surface area contributed by atoms with Crippen LogP contribution in [0.2, 0.25) is 0 Å². The summed E-state index contributed by atoms with van der Waals surface area (Å²) in [5.74, 6) is 0.774. The van der Waals surface area contributed by atoms with Crippen LogP contribution < -0.4 is 5.32 Å². The SMILES string of the molecule is CCC(Nc1ccccc1C#N)C1CCCCC1. The predicted octanol–water partition coefficient (Wildman–Crippen LogP) is 4.33. The zero-order valence-electron chi connectivity index (χ0n) is 11.2. The van der Waals surface area contributed by atoms with Crippen LogP contribution >= 0.6 is 0 Å². The molecule has 2 heteroatoms. The molecule has 1 aliphatic rings. The maximum Gasteiger partial charge on any atom is 0.101 e. The molecule has 1 saturated carbocycles. The average molecular weight is 242 g/mol. The van der Waals surface area contributed by atoms with Crippen LogP contribution in [-0.2, 0) is 0 Å². The first kappa shape index (κ1) is 13.0. The van der Waals surface area contributed by atoms with Gasteiger partial charge in [0, 0.05) is 6.04 Å². The Kier molecular flexibility index (Phi) is 4.64. The molecule has 1 aromatic carbocycles. The minimum Gasteiger partial charge on any atom is -0.381 e. The number of benzene rings is 1. The number of hydrogen-bond donors (Lipinski definition) is 1. The topological polar surface area (TPSA) is 35.8 Å². The van der Waals surface area contributed by atoms with Crippen LogP contribution in [0.15, 0.2) is 24.3 Å². The van der Waals surface area contributed by atoms with Crippen molar-refractivity contribution in [2.45, 2.75) is 51.5 Å². The summed E-state index contributed by atoms with van der Waals surface area (Å²) >= 11 is 0. The van der Waals surface area contributed by atoms with Crippen LogP contribution in [0.4, 0.5) is 5.69 Å². The lowest BCUT2D eigenvalue weighted by Crippen LogP contribution is -2.30. The van der Waals surface area contributed by atoms with Crippen molar-refractivity contribution in [1.29, 1.82) is 5.26 Å². The standard InChI is InChI=1S/C16H22N2/c1-2-15(13-8-4-3-5-9-13)18-16-11-7-6-10-14(16)12-17/h6-7,10-11,13,15,18H,2-5,8-9H2,1H3. The summed E-state index contributed by atoms with van der Waals surface area (Å²) < 4.78 is 0. The molecule has 18 heavy (non-hydrogen) atoms. The molecule has 0 saturated heterocycles. The van der Waals surface area contributed by atoms with Crippen molar-refractivity contribution < 1.29 is 0 Å². The van der Waals surface area contributed by atoms with Crippen LogP contribution in [0.3, 0.4) is 0 Å². The highest BCUT2D eigenvalue weighted by molar-refractivity contribution is 5.57. The maximum absolute atomic E-state index is 9.12. The van der Waals surface area contributed by atoms with Crippen LogP contribution in [-0.4, -0.2) is 6.04 Å². The molecule has 2 nitrogen and oxygen atoms in total. The van der Waals surface area contributed by atoms with Crippen molar-refractivity contribution in [3.05, 3.63) is 29.8 Å². The van der Waals surface area contributed by atoms with Crippen molar-refractivity contribution in [2.24, 2.45) is 5.92 Å². The van der Waals surface area contributed by atoms with Gasteiger partial charge in [0.25, 0.3) is 0 Å². The predicted molar refractivity (Wildman–Crippen MR) is 75.4 cm³/mol. The van der Waals surface area contributed by atoms with Crippen molar-refractivity contribution in [2.75, 3.05) is 5.32 Å². The van der Waals surface area contributed by atoms with E-state index in [1.54, 1.807) is 0 Å². The van der Waals surface area contributed by atoms with Crippen LogP contribution in [0.25, 0.3) is 0 Å². The Bertz CT molecular complexity index is 413. The maximum atomic E-state index is 9.12. The van der Waals surface area contributed by atoms with Gasteiger partial charge in [-0.15, -0.1) is 0 Å². The van der Waals surface area contributed by atoms with Gasteiger partial charge in [-0.3, -0.25) is 0 Å². The van der Waals surface area contributed by atoms with Crippen molar-refractivity contribution in [3.8, 4) is 6.07 Å². The fraction of sp³-hybridized carbons (Fsp3) is 0.562. The van der Waals surface area contributed by atoms with E-state index in [1.165, 1.54) is 32.1 Å². The highest BCUT2D eigenvalue weighted by atomic mass is 14.9. The molecule has 1 aliphatic carbocycles. The Labute approximate surface area is 110 Å². The first-order valence-corrected chi connectivity index (χ1v) is 7.10. The molecule has 0 spiro atoms. The molecule has 0 aliphatic heterocycles. The highest BCUT2D eigenvalue weighted by Crippen LogP contribution is 2.30. The highest BCUT2D eigenvalue weighted by Gasteiger charge is 2.22. The summed E-state index contributed by atoms with van der Waals surface area (Å²) in [6, 6.07) is 10.6. The lowest BCUT2D eigenvalue weighted by Gasteiger charge is -2.31. The molecule has 0 radical (unpaired) electrons. The minimum absolute atomic E-state index is 0.514. The molecular weight excluding hydrogens is 220 g/mol. The molecule has 96 valence electrons. The van der Waals surface area contributed by atoms with Crippen molar-refractivity contribution in [3.63, 3.8) is 0 Å². The second kappa shape index (κ2) is 6.44. The number of nitrogens with one attached hydrogen (secondary N) is 1. The summed E-state index contributed by atoms with van der Waals surface area (Å²) in [4.78, 5) is 0. The van der Waals surface area contributed by atoms with Gasteiger partial charge in [-0.1, -0.05) is 38.3 Å². The van der Waals surface area contributed by atoms with E-state index in [0.29, 0.717) is 6.04 Å². The van der Waals surface area contributed by atoms with Gasteiger partial charge in [-0.05, 0) is 37.3 Å².